The molecule has 0 aliphatic carbocycles. The predicted molar refractivity (Wildman–Crippen MR) is 144 cm³/mol. The van der Waals surface area contributed by atoms with E-state index in [-0.39, 0.29) is 12.4 Å². The van der Waals surface area contributed by atoms with Crippen LogP contribution in [0.1, 0.15) is 35.4 Å². The number of aryl methyl sites for hydroxylation is 1. The Bertz CT molecular complexity index is 1350. The Kier molecular flexibility index (Phi) is 9.02. The number of esters is 1. The standard InChI is InChI=1S/C29H29ClN2O6/c1-18-27(31-29(34)37-19(2)24-6-4-5-7-25(24)30)28(38-32-18)22-12-8-21(9-13-22)17-36-23-14-10-20(11-15-23)16-26(33)35-3/h4-15,19,29,31,34H,16-17H2,1-3H3. The van der Waals surface area contributed by atoms with E-state index in [2.05, 4.69) is 15.2 Å². The zero-order chi connectivity index (χ0) is 27.1. The smallest absolute Gasteiger partial charge is 0.309 e. The molecule has 8 nitrogen and oxygen atoms in total. The maximum absolute atomic E-state index is 11.4. The van der Waals surface area contributed by atoms with Crippen molar-refractivity contribution in [1.29, 1.82) is 0 Å². The lowest BCUT2D eigenvalue weighted by Crippen LogP contribution is -2.24. The molecule has 38 heavy (non-hydrogen) atoms. The molecule has 3 aromatic carbocycles. The third-order valence-corrected chi connectivity index (χ3v) is 6.27. The van der Waals surface area contributed by atoms with Gasteiger partial charge in [0.15, 0.2) is 5.76 Å². The van der Waals surface area contributed by atoms with Gasteiger partial charge in [0, 0.05) is 10.6 Å². The molecule has 9 heteroatoms. The van der Waals surface area contributed by atoms with Gasteiger partial charge in [-0.05, 0) is 48.7 Å². The molecular formula is C29H29ClN2O6. The van der Waals surface area contributed by atoms with Crippen molar-refractivity contribution in [3.05, 3.63) is 100 Å². The first-order chi connectivity index (χ1) is 18.3. The number of hydrogen-bond donors (Lipinski definition) is 2. The lowest BCUT2D eigenvalue weighted by atomic mass is 10.1. The number of carbonyl (C=O) groups is 1. The van der Waals surface area contributed by atoms with Gasteiger partial charge in [0.1, 0.15) is 23.7 Å². The van der Waals surface area contributed by atoms with Crippen LogP contribution < -0.4 is 10.1 Å². The van der Waals surface area contributed by atoms with Crippen LogP contribution >= 0.6 is 11.6 Å². The summed E-state index contributed by atoms with van der Waals surface area (Å²) in [6.45, 7) is 3.95. The average Bonchev–Trinajstić information content (AvgIpc) is 3.28. The summed E-state index contributed by atoms with van der Waals surface area (Å²) in [5.41, 5.74) is 4.46. The van der Waals surface area contributed by atoms with Gasteiger partial charge < -0.3 is 29.2 Å². The first-order valence-corrected chi connectivity index (χ1v) is 12.4. The van der Waals surface area contributed by atoms with Gasteiger partial charge in [0.2, 0.25) is 6.41 Å². The number of halogens is 1. The minimum Gasteiger partial charge on any atom is -0.489 e. The van der Waals surface area contributed by atoms with Gasteiger partial charge >= 0.3 is 5.97 Å². The molecule has 2 N–H and O–H groups in total. The molecule has 0 bridgehead atoms. The van der Waals surface area contributed by atoms with Crippen LogP contribution in [0.15, 0.2) is 77.3 Å². The number of nitrogens with one attached hydrogen (secondary N) is 1. The summed E-state index contributed by atoms with van der Waals surface area (Å²) in [6.07, 6.45) is -1.54. The van der Waals surface area contributed by atoms with E-state index in [4.69, 9.17) is 25.6 Å². The van der Waals surface area contributed by atoms with Crippen molar-refractivity contribution in [3.63, 3.8) is 0 Å². The Morgan fingerprint density at radius 3 is 2.42 bits per heavy atom. The second kappa shape index (κ2) is 12.6. The number of aliphatic hydroxyl groups excluding tert-OH is 1. The fraction of sp³-hybridized carbons (Fsp3) is 0.241. The molecule has 4 aromatic rings. The highest BCUT2D eigenvalue weighted by atomic mass is 35.5. The second-order valence-electron chi connectivity index (χ2n) is 8.65. The Morgan fingerprint density at radius 1 is 1.05 bits per heavy atom. The number of rotatable bonds is 11. The van der Waals surface area contributed by atoms with Crippen LogP contribution in [0.25, 0.3) is 11.3 Å². The number of nitrogens with zero attached hydrogens (tertiary/aromatic N) is 1. The van der Waals surface area contributed by atoms with E-state index >= 15 is 0 Å². The molecule has 4 rings (SSSR count). The molecule has 1 heterocycles. The second-order valence-corrected chi connectivity index (χ2v) is 9.06. The maximum Gasteiger partial charge on any atom is 0.309 e. The van der Waals surface area contributed by atoms with Crippen LogP contribution in [0.4, 0.5) is 5.69 Å². The summed E-state index contributed by atoms with van der Waals surface area (Å²) in [5, 5.41) is 18.1. The molecule has 1 aromatic heterocycles. The number of ether oxygens (including phenoxy) is 3. The number of carbonyl (C=O) groups excluding carboxylic acids is 1. The quantitative estimate of drug-likeness (QED) is 0.176. The zero-order valence-electron chi connectivity index (χ0n) is 21.3. The van der Waals surface area contributed by atoms with Gasteiger partial charge in [0.05, 0.1) is 19.6 Å². The van der Waals surface area contributed by atoms with E-state index in [1.54, 1.807) is 13.0 Å². The average molecular weight is 537 g/mol. The van der Waals surface area contributed by atoms with Crippen molar-refractivity contribution in [2.45, 2.75) is 39.4 Å². The van der Waals surface area contributed by atoms with Crippen LogP contribution in [-0.4, -0.2) is 29.8 Å². The van der Waals surface area contributed by atoms with Crippen LogP contribution in [0, 0.1) is 6.92 Å². The number of aliphatic hydroxyl groups is 1. The molecule has 198 valence electrons. The van der Waals surface area contributed by atoms with Crippen molar-refractivity contribution in [2.24, 2.45) is 0 Å². The highest BCUT2D eigenvalue weighted by Crippen LogP contribution is 2.33. The molecule has 0 amide bonds. The lowest BCUT2D eigenvalue weighted by molar-refractivity contribution is -0.139. The number of anilines is 1. The number of methoxy groups -OCH3 is 1. The molecular weight excluding hydrogens is 508 g/mol. The molecule has 2 unspecified atom stereocenters. The summed E-state index contributed by atoms with van der Waals surface area (Å²) < 4.78 is 21.8. The van der Waals surface area contributed by atoms with Crippen molar-refractivity contribution in [2.75, 3.05) is 12.4 Å². The van der Waals surface area contributed by atoms with Crippen LogP contribution in [0.2, 0.25) is 5.02 Å². The minimum absolute atomic E-state index is 0.222. The highest BCUT2D eigenvalue weighted by molar-refractivity contribution is 6.31. The van der Waals surface area contributed by atoms with E-state index in [1.165, 1.54) is 7.11 Å². The van der Waals surface area contributed by atoms with Gasteiger partial charge in [-0.1, -0.05) is 71.4 Å². The molecule has 0 spiro atoms. The maximum atomic E-state index is 11.4. The fourth-order valence-corrected chi connectivity index (χ4v) is 4.12. The first kappa shape index (κ1) is 27.2. The fourth-order valence-electron chi connectivity index (χ4n) is 3.83. The molecule has 0 aliphatic rings. The van der Waals surface area contributed by atoms with Crippen LogP contribution in [-0.2, 0) is 27.3 Å². The molecule has 0 aliphatic heterocycles. The summed E-state index contributed by atoms with van der Waals surface area (Å²) in [4.78, 5) is 11.4. The monoisotopic (exact) mass is 536 g/mol. The van der Waals surface area contributed by atoms with E-state index in [0.717, 1.165) is 22.3 Å². The van der Waals surface area contributed by atoms with E-state index in [0.29, 0.717) is 34.5 Å². The summed E-state index contributed by atoms with van der Waals surface area (Å²) in [7, 11) is 1.37. The Hall–Kier alpha value is -3.85. The van der Waals surface area contributed by atoms with Gasteiger partial charge in [-0.25, -0.2) is 0 Å². The van der Waals surface area contributed by atoms with Crippen molar-refractivity contribution in [1.82, 2.24) is 5.16 Å². The lowest BCUT2D eigenvalue weighted by Gasteiger charge is -2.20. The van der Waals surface area contributed by atoms with Crippen LogP contribution in [0.3, 0.4) is 0 Å². The normalized spacial score (nSPS) is 12.6. The van der Waals surface area contributed by atoms with Gasteiger partial charge in [-0.2, -0.15) is 0 Å². The topological polar surface area (TPSA) is 103 Å². The molecule has 0 saturated carbocycles. The number of hydrogen-bond acceptors (Lipinski definition) is 8. The van der Waals surface area contributed by atoms with Crippen molar-refractivity contribution >= 4 is 23.3 Å². The van der Waals surface area contributed by atoms with Crippen molar-refractivity contribution in [3.8, 4) is 17.1 Å². The predicted octanol–water partition coefficient (Wildman–Crippen LogP) is 6.06. The molecule has 2 atom stereocenters. The largest absolute Gasteiger partial charge is 0.489 e. The molecule has 0 saturated heterocycles. The van der Waals surface area contributed by atoms with E-state index in [9.17, 15) is 9.90 Å². The molecule has 0 radical (unpaired) electrons. The van der Waals surface area contributed by atoms with Gasteiger partial charge in [0.25, 0.3) is 0 Å². The number of benzene rings is 3. The zero-order valence-corrected chi connectivity index (χ0v) is 22.1. The summed E-state index contributed by atoms with van der Waals surface area (Å²) in [5.74, 6) is 0.886. The third-order valence-electron chi connectivity index (χ3n) is 5.93. The number of aromatic nitrogens is 1. The van der Waals surface area contributed by atoms with Crippen LogP contribution in [0.5, 0.6) is 5.75 Å². The Labute approximate surface area is 226 Å². The van der Waals surface area contributed by atoms with E-state index in [1.807, 2.05) is 73.7 Å². The molecule has 0 fully saturated rings. The SMILES string of the molecule is COC(=O)Cc1ccc(OCc2ccc(-c3onc(C)c3NC(O)OC(C)c3ccccc3Cl)cc2)cc1. The summed E-state index contributed by atoms with van der Waals surface area (Å²) in [6, 6.07) is 22.3. The Morgan fingerprint density at radius 2 is 1.74 bits per heavy atom. The Balaban J connectivity index is 1.36. The summed E-state index contributed by atoms with van der Waals surface area (Å²) >= 11 is 6.24. The van der Waals surface area contributed by atoms with Crippen molar-refractivity contribution < 1.29 is 28.6 Å². The minimum atomic E-state index is -1.31. The highest BCUT2D eigenvalue weighted by Gasteiger charge is 2.20. The van der Waals surface area contributed by atoms with Gasteiger partial charge in [-0.3, -0.25) is 4.79 Å². The first-order valence-electron chi connectivity index (χ1n) is 12.0. The van der Waals surface area contributed by atoms with Gasteiger partial charge in [-0.15, -0.1) is 0 Å². The van der Waals surface area contributed by atoms with E-state index < -0.39 is 12.5 Å². The third kappa shape index (κ3) is 6.92.